The van der Waals surface area contributed by atoms with Gasteiger partial charge in [-0.05, 0) is 6.26 Å². The first-order valence-corrected chi connectivity index (χ1v) is 4.51. The van der Waals surface area contributed by atoms with E-state index in [2.05, 4.69) is 0 Å². The predicted octanol–water partition coefficient (Wildman–Crippen LogP) is -1.37. The number of hydrogen-bond acceptors (Lipinski definition) is 5. The van der Waals surface area contributed by atoms with Gasteiger partial charge < -0.3 is 20.1 Å². The molecule has 0 bridgehead atoms. The van der Waals surface area contributed by atoms with Crippen molar-refractivity contribution in [1.82, 2.24) is 0 Å². The summed E-state index contributed by atoms with van der Waals surface area (Å²) in [5, 5.41) is 26.7. The summed E-state index contributed by atoms with van der Waals surface area (Å²) in [6.07, 6.45) is -1.96. The molecule has 0 radical (unpaired) electrons. The summed E-state index contributed by atoms with van der Waals surface area (Å²) in [6.45, 7) is 0. The molecule has 0 saturated heterocycles. The molecule has 0 rings (SSSR count). The molecule has 3 atom stereocenters. The number of aliphatic hydroxyl groups is 3. The number of rotatable bonds is 5. The molecule has 0 aliphatic heterocycles. The summed E-state index contributed by atoms with van der Waals surface area (Å²) < 4.78 is 0. The number of aliphatic hydroxyl groups excluding tert-OH is 3. The van der Waals surface area contributed by atoms with Crippen LogP contribution in [0.15, 0.2) is 0 Å². The van der Waals surface area contributed by atoms with E-state index in [1.807, 2.05) is 0 Å². The molecule has 3 N–H and O–H groups in total. The Balaban J connectivity index is 3.79. The zero-order chi connectivity index (χ0) is 8.85. The summed E-state index contributed by atoms with van der Waals surface area (Å²) in [6, 6.07) is 0. The van der Waals surface area contributed by atoms with E-state index in [-0.39, 0.29) is 6.29 Å². The highest BCUT2D eigenvalue weighted by molar-refractivity contribution is 7.98. The quantitative estimate of drug-likeness (QED) is 0.455. The van der Waals surface area contributed by atoms with E-state index >= 15 is 0 Å². The van der Waals surface area contributed by atoms with Gasteiger partial charge in [0.25, 0.3) is 0 Å². The fourth-order valence-corrected chi connectivity index (χ4v) is 1.12. The summed E-state index contributed by atoms with van der Waals surface area (Å²) in [4.78, 5) is 9.93. The lowest BCUT2D eigenvalue weighted by Crippen LogP contribution is -2.39. The first-order chi connectivity index (χ1) is 5.13. The SMILES string of the molecule is CSC[C@@H](O)[C@@H](O)[C@@H](O)C=O. The zero-order valence-electron chi connectivity index (χ0n) is 6.17. The molecule has 0 spiro atoms. The molecule has 66 valence electrons. The molecular weight excluding hydrogens is 168 g/mol. The standard InChI is InChI=1S/C6H12O4S/c1-11-3-5(9)6(10)4(8)2-7/h2,4-6,8-10H,3H2,1H3/t4-,5+,6-/m0/s1. The van der Waals surface area contributed by atoms with Crippen LogP contribution in [0.25, 0.3) is 0 Å². The van der Waals surface area contributed by atoms with E-state index in [1.54, 1.807) is 6.26 Å². The van der Waals surface area contributed by atoms with Gasteiger partial charge in [-0.2, -0.15) is 11.8 Å². The molecule has 4 nitrogen and oxygen atoms in total. The van der Waals surface area contributed by atoms with E-state index in [9.17, 15) is 4.79 Å². The van der Waals surface area contributed by atoms with Crippen LogP contribution in [0.4, 0.5) is 0 Å². The van der Waals surface area contributed by atoms with Crippen LogP contribution in [-0.4, -0.2) is 51.9 Å². The van der Waals surface area contributed by atoms with Gasteiger partial charge in [-0.1, -0.05) is 0 Å². The molecule has 0 aromatic carbocycles. The molecule has 0 saturated carbocycles. The number of carbonyl (C=O) groups excluding carboxylic acids is 1. The summed E-state index contributed by atoms with van der Waals surface area (Å²) in [5.41, 5.74) is 0. The van der Waals surface area contributed by atoms with Gasteiger partial charge >= 0.3 is 0 Å². The van der Waals surface area contributed by atoms with Crippen molar-refractivity contribution in [2.75, 3.05) is 12.0 Å². The second kappa shape index (κ2) is 5.54. The number of hydrogen-bond donors (Lipinski definition) is 3. The van der Waals surface area contributed by atoms with Gasteiger partial charge in [0, 0.05) is 5.75 Å². The largest absolute Gasteiger partial charge is 0.389 e. The predicted molar refractivity (Wildman–Crippen MR) is 42.5 cm³/mol. The lowest BCUT2D eigenvalue weighted by atomic mass is 10.1. The van der Waals surface area contributed by atoms with Gasteiger partial charge in [-0.3, -0.25) is 0 Å². The van der Waals surface area contributed by atoms with E-state index in [0.29, 0.717) is 5.75 Å². The van der Waals surface area contributed by atoms with Gasteiger partial charge in [0.2, 0.25) is 0 Å². The smallest absolute Gasteiger partial charge is 0.151 e. The topological polar surface area (TPSA) is 77.8 Å². The van der Waals surface area contributed by atoms with Crippen molar-refractivity contribution in [3.05, 3.63) is 0 Å². The van der Waals surface area contributed by atoms with Crippen molar-refractivity contribution in [3.63, 3.8) is 0 Å². The second-order valence-corrected chi connectivity index (χ2v) is 3.05. The average molecular weight is 180 g/mol. The molecule has 0 aromatic rings. The van der Waals surface area contributed by atoms with Crippen molar-refractivity contribution in [2.24, 2.45) is 0 Å². The fraction of sp³-hybridized carbons (Fsp3) is 0.833. The minimum atomic E-state index is -1.49. The monoisotopic (exact) mass is 180 g/mol. The van der Waals surface area contributed by atoms with Gasteiger partial charge in [0.15, 0.2) is 6.29 Å². The van der Waals surface area contributed by atoms with Gasteiger partial charge in [0.1, 0.15) is 12.2 Å². The Bertz CT molecular complexity index is 119. The molecule has 0 aliphatic carbocycles. The first-order valence-electron chi connectivity index (χ1n) is 3.12. The summed E-state index contributed by atoms with van der Waals surface area (Å²) in [5.74, 6) is 0.298. The minimum Gasteiger partial charge on any atom is -0.389 e. The van der Waals surface area contributed by atoms with E-state index < -0.39 is 18.3 Å². The molecule has 0 aliphatic rings. The Labute approximate surface area is 69.2 Å². The maximum Gasteiger partial charge on any atom is 0.151 e. The van der Waals surface area contributed by atoms with Crippen LogP contribution in [0.3, 0.4) is 0 Å². The Kier molecular flexibility index (Phi) is 5.49. The highest BCUT2D eigenvalue weighted by Crippen LogP contribution is 2.04. The van der Waals surface area contributed by atoms with Crippen LogP contribution >= 0.6 is 11.8 Å². The Morgan fingerprint density at radius 3 is 2.36 bits per heavy atom. The zero-order valence-corrected chi connectivity index (χ0v) is 6.99. The van der Waals surface area contributed by atoms with Crippen LogP contribution in [0.2, 0.25) is 0 Å². The highest BCUT2D eigenvalue weighted by Gasteiger charge is 2.23. The maximum atomic E-state index is 9.93. The van der Waals surface area contributed by atoms with Crippen LogP contribution in [-0.2, 0) is 4.79 Å². The Morgan fingerprint density at radius 2 is 2.00 bits per heavy atom. The van der Waals surface area contributed by atoms with Crippen LogP contribution < -0.4 is 0 Å². The molecule has 11 heavy (non-hydrogen) atoms. The van der Waals surface area contributed by atoms with Crippen molar-refractivity contribution in [3.8, 4) is 0 Å². The third-order valence-electron chi connectivity index (χ3n) is 1.22. The van der Waals surface area contributed by atoms with E-state index in [0.717, 1.165) is 0 Å². The first kappa shape index (κ1) is 10.9. The highest BCUT2D eigenvalue weighted by atomic mass is 32.2. The van der Waals surface area contributed by atoms with Crippen LogP contribution in [0.1, 0.15) is 0 Å². The number of thioether (sulfide) groups is 1. The normalized spacial score (nSPS) is 18.9. The molecule has 0 amide bonds. The molecule has 0 unspecified atom stereocenters. The van der Waals surface area contributed by atoms with Gasteiger partial charge in [0.05, 0.1) is 6.10 Å². The van der Waals surface area contributed by atoms with Gasteiger partial charge in [-0.15, -0.1) is 0 Å². The maximum absolute atomic E-state index is 9.93. The Morgan fingerprint density at radius 1 is 1.45 bits per heavy atom. The Hall–Kier alpha value is -0.100. The minimum absolute atomic E-state index is 0.203. The van der Waals surface area contributed by atoms with Crippen LogP contribution in [0.5, 0.6) is 0 Å². The van der Waals surface area contributed by atoms with Crippen molar-refractivity contribution >= 4 is 18.0 Å². The number of aldehydes is 1. The van der Waals surface area contributed by atoms with Crippen molar-refractivity contribution in [2.45, 2.75) is 18.3 Å². The molecule has 0 heterocycles. The molecule has 0 fully saturated rings. The van der Waals surface area contributed by atoms with Crippen molar-refractivity contribution in [1.29, 1.82) is 0 Å². The lowest BCUT2D eigenvalue weighted by Gasteiger charge is -2.17. The molecule has 0 aromatic heterocycles. The summed E-state index contributed by atoms with van der Waals surface area (Å²) >= 11 is 1.33. The van der Waals surface area contributed by atoms with Crippen LogP contribution in [0, 0.1) is 0 Å². The second-order valence-electron chi connectivity index (χ2n) is 2.14. The third kappa shape index (κ3) is 3.71. The third-order valence-corrected chi connectivity index (χ3v) is 1.90. The van der Waals surface area contributed by atoms with E-state index in [1.165, 1.54) is 11.8 Å². The molecular formula is C6H12O4S. The number of carbonyl (C=O) groups is 1. The fourth-order valence-electron chi connectivity index (χ4n) is 0.577. The molecule has 5 heteroatoms. The average Bonchev–Trinajstić information content (AvgIpc) is 2.02. The lowest BCUT2D eigenvalue weighted by molar-refractivity contribution is -0.124. The van der Waals surface area contributed by atoms with Crippen molar-refractivity contribution < 1.29 is 20.1 Å². The summed E-state index contributed by atoms with van der Waals surface area (Å²) in [7, 11) is 0. The van der Waals surface area contributed by atoms with Gasteiger partial charge in [-0.25, -0.2) is 0 Å². The van der Waals surface area contributed by atoms with E-state index in [4.69, 9.17) is 15.3 Å².